The first-order valence-corrected chi connectivity index (χ1v) is 6.70. The molecule has 0 amide bonds. The summed E-state index contributed by atoms with van der Waals surface area (Å²) in [5.74, 6) is -2.26. The summed E-state index contributed by atoms with van der Waals surface area (Å²) >= 11 is 0. The lowest BCUT2D eigenvalue weighted by Gasteiger charge is -2.10. The first kappa shape index (κ1) is 16.2. The molecule has 0 aliphatic carbocycles. The Labute approximate surface area is 113 Å². The van der Waals surface area contributed by atoms with E-state index in [1.54, 1.807) is 0 Å². The van der Waals surface area contributed by atoms with E-state index in [1.807, 2.05) is 0 Å². The fourth-order valence-electron chi connectivity index (χ4n) is 1.09. The van der Waals surface area contributed by atoms with Crippen LogP contribution in [0.3, 0.4) is 0 Å². The number of nitro groups is 1. The molecular weight excluding hydrogens is 333 g/mol. The van der Waals surface area contributed by atoms with Crippen molar-refractivity contribution in [3.63, 3.8) is 0 Å². The third-order valence-corrected chi connectivity index (χ3v) is 2.95. The van der Waals surface area contributed by atoms with Crippen molar-refractivity contribution in [2.75, 3.05) is 7.11 Å². The lowest BCUT2D eigenvalue weighted by Crippen LogP contribution is -2.19. The predicted molar refractivity (Wildman–Crippen MR) is 57.2 cm³/mol. The minimum atomic E-state index is -5.31. The summed E-state index contributed by atoms with van der Waals surface area (Å²) in [6.07, 6.45) is -5.31. The number of nitrogens with zero attached hydrogens (tertiary/aromatic N) is 2. The van der Waals surface area contributed by atoms with E-state index < -0.39 is 42.7 Å². The highest BCUT2D eigenvalue weighted by Gasteiger charge is 2.37. The van der Waals surface area contributed by atoms with Crippen molar-refractivity contribution in [1.29, 1.82) is 0 Å². The molecule has 13 heteroatoms. The van der Waals surface area contributed by atoms with Crippen LogP contribution in [0.1, 0.15) is 0 Å². The van der Waals surface area contributed by atoms with E-state index in [0.29, 0.717) is 6.07 Å². The fraction of sp³-hybridized carbons (Fsp3) is 0.286. The predicted octanol–water partition coefficient (Wildman–Crippen LogP) is 1.82. The van der Waals surface area contributed by atoms with E-state index in [-0.39, 0.29) is 0 Å². The zero-order valence-corrected chi connectivity index (χ0v) is 10.9. The number of ether oxygens (including phenoxy) is 2. The smallest absolute Gasteiger partial charge is 0.493 e. The van der Waals surface area contributed by atoms with Crippen LogP contribution in [0.4, 0.5) is 18.9 Å². The highest BCUT2D eigenvalue weighted by molar-refractivity contribution is 8.13. The molecule has 1 rings (SSSR count). The Morgan fingerprint density at radius 1 is 1.45 bits per heavy atom. The van der Waals surface area contributed by atoms with Crippen LogP contribution in [0.2, 0.25) is 0 Å². The van der Waals surface area contributed by atoms with Crippen molar-refractivity contribution in [2.45, 2.75) is 11.4 Å². The van der Waals surface area contributed by atoms with Gasteiger partial charge in [-0.25, -0.2) is 8.42 Å². The van der Waals surface area contributed by atoms with Gasteiger partial charge in [0.05, 0.1) is 18.1 Å². The number of rotatable bonds is 4. The molecule has 1 aromatic heterocycles. The highest BCUT2D eigenvalue weighted by atomic mass is 35.7. The van der Waals surface area contributed by atoms with E-state index in [4.69, 9.17) is 10.7 Å². The Bertz CT molecular complexity index is 647. The van der Waals surface area contributed by atoms with Crippen molar-refractivity contribution < 1.29 is 36.0 Å². The number of aromatic nitrogens is 1. The minimum Gasteiger partial charge on any atom is -0.493 e. The number of hydrogen-bond acceptors (Lipinski definition) is 7. The van der Waals surface area contributed by atoms with E-state index >= 15 is 0 Å². The average Bonchev–Trinajstić information content (AvgIpc) is 2.24. The summed E-state index contributed by atoms with van der Waals surface area (Å²) in [4.78, 5) is 12.3. The Morgan fingerprint density at radius 3 is 2.35 bits per heavy atom. The van der Waals surface area contributed by atoms with Gasteiger partial charge >= 0.3 is 17.9 Å². The van der Waals surface area contributed by atoms with Gasteiger partial charge in [-0.05, 0) is 0 Å². The summed E-state index contributed by atoms with van der Waals surface area (Å²) in [7, 11) is 1.27. The molecule has 0 aliphatic rings. The van der Waals surface area contributed by atoms with Crippen LogP contribution < -0.4 is 9.47 Å². The number of alkyl halides is 3. The Balaban J connectivity index is 3.60. The molecule has 8 nitrogen and oxygen atoms in total. The van der Waals surface area contributed by atoms with Crippen LogP contribution in [0.5, 0.6) is 11.6 Å². The van der Waals surface area contributed by atoms with Crippen molar-refractivity contribution in [1.82, 2.24) is 4.98 Å². The van der Waals surface area contributed by atoms with Gasteiger partial charge in [-0.1, -0.05) is 0 Å². The zero-order chi connectivity index (χ0) is 15.7. The van der Waals surface area contributed by atoms with Gasteiger partial charge in [0.1, 0.15) is 0 Å². The quantitative estimate of drug-likeness (QED) is 0.468. The van der Waals surface area contributed by atoms with Crippen LogP contribution in [0.15, 0.2) is 11.1 Å². The highest BCUT2D eigenvalue weighted by Crippen LogP contribution is 2.37. The summed E-state index contributed by atoms with van der Waals surface area (Å²) < 4.78 is 66.3. The number of pyridine rings is 1. The number of halogens is 4. The molecule has 0 bridgehead atoms. The second-order valence-electron chi connectivity index (χ2n) is 3.06. The molecule has 112 valence electrons. The average molecular weight is 337 g/mol. The molecular formula is C7H4ClF3N2O6S. The number of methoxy groups -OCH3 is 1. The lowest BCUT2D eigenvalue weighted by atomic mass is 10.4. The first-order chi connectivity index (χ1) is 8.95. The van der Waals surface area contributed by atoms with Gasteiger partial charge in [0.25, 0.3) is 9.05 Å². The molecule has 0 saturated heterocycles. The Morgan fingerprint density at radius 2 is 2.00 bits per heavy atom. The van der Waals surface area contributed by atoms with E-state index in [2.05, 4.69) is 14.5 Å². The van der Waals surface area contributed by atoms with Crippen molar-refractivity contribution >= 4 is 25.4 Å². The van der Waals surface area contributed by atoms with Crippen LogP contribution >= 0.6 is 10.7 Å². The molecule has 0 fully saturated rings. The molecule has 0 saturated carbocycles. The Kier molecular flexibility index (Phi) is 4.29. The van der Waals surface area contributed by atoms with Gasteiger partial charge < -0.3 is 9.47 Å². The van der Waals surface area contributed by atoms with E-state index in [0.717, 1.165) is 7.11 Å². The largest absolute Gasteiger partial charge is 0.574 e. The normalized spacial score (nSPS) is 12.1. The summed E-state index contributed by atoms with van der Waals surface area (Å²) in [5.41, 5.74) is -1.23. The van der Waals surface area contributed by atoms with Crippen molar-refractivity contribution in [3.8, 4) is 11.6 Å². The number of hydrogen-bond donors (Lipinski definition) is 0. The van der Waals surface area contributed by atoms with Gasteiger partial charge in [0.2, 0.25) is 5.03 Å². The van der Waals surface area contributed by atoms with Gasteiger partial charge in [-0.3, -0.25) is 10.1 Å². The van der Waals surface area contributed by atoms with Gasteiger partial charge in [-0.15, -0.1) is 13.2 Å². The zero-order valence-electron chi connectivity index (χ0n) is 9.34. The molecule has 0 aliphatic heterocycles. The summed E-state index contributed by atoms with van der Waals surface area (Å²) in [5, 5.41) is 9.48. The van der Waals surface area contributed by atoms with Gasteiger partial charge in [0.15, 0.2) is 5.75 Å². The lowest BCUT2D eigenvalue weighted by molar-refractivity contribution is -0.389. The molecule has 20 heavy (non-hydrogen) atoms. The van der Waals surface area contributed by atoms with Crippen LogP contribution in [-0.4, -0.2) is 31.8 Å². The molecule has 0 atom stereocenters. The molecule has 0 spiro atoms. The Hall–Kier alpha value is -1.82. The summed E-state index contributed by atoms with van der Waals surface area (Å²) in [6, 6.07) is 0.406. The van der Waals surface area contributed by atoms with Crippen LogP contribution in [0, 0.1) is 10.1 Å². The third-order valence-electron chi connectivity index (χ3n) is 1.76. The second kappa shape index (κ2) is 5.28. The second-order valence-corrected chi connectivity index (χ2v) is 5.54. The van der Waals surface area contributed by atoms with Crippen LogP contribution in [-0.2, 0) is 9.05 Å². The molecule has 0 aromatic carbocycles. The van der Waals surface area contributed by atoms with Crippen molar-refractivity contribution in [2.24, 2.45) is 0 Å². The SMILES string of the molecule is COc1cc([N+](=O)[O-])c(OC(F)(F)F)nc1S(=O)(=O)Cl. The maximum atomic E-state index is 12.1. The van der Waals surface area contributed by atoms with Gasteiger partial charge in [0, 0.05) is 10.7 Å². The standard InChI is InChI=1S/C7H4ClF3N2O6S/c1-18-4-2-3(13(14)15)5(19-7(9,10)11)12-6(4)20(8,16)17/h2H,1H3. The monoisotopic (exact) mass is 336 g/mol. The third kappa shape index (κ3) is 3.84. The topological polar surface area (TPSA) is 109 Å². The fourth-order valence-corrected chi connectivity index (χ4v) is 1.99. The van der Waals surface area contributed by atoms with Crippen LogP contribution in [0.25, 0.3) is 0 Å². The van der Waals surface area contributed by atoms with E-state index in [9.17, 15) is 31.7 Å². The molecule has 0 unspecified atom stereocenters. The van der Waals surface area contributed by atoms with Crippen molar-refractivity contribution in [3.05, 3.63) is 16.2 Å². The molecule has 1 heterocycles. The summed E-state index contributed by atoms with van der Waals surface area (Å²) in [6.45, 7) is 0. The van der Waals surface area contributed by atoms with Gasteiger partial charge in [-0.2, -0.15) is 4.98 Å². The minimum absolute atomic E-state index is 0.406. The maximum absolute atomic E-state index is 12.1. The molecule has 0 radical (unpaired) electrons. The maximum Gasteiger partial charge on any atom is 0.574 e. The van der Waals surface area contributed by atoms with E-state index in [1.165, 1.54) is 0 Å². The first-order valence-electron chi connectivity index (χ1n) is 4.39. The molecule has 1 aromatic rings. The molecule has 0 N–H and O–H groups in total.